The van der Waals surface area contributed by atoms with Gasteiger partial charge in [0.25, 0.3) is 5.56 Å². The van der Waals surface area contributed by atoms with Crippen LogP contribution in [0.1, 0.15) is 87.8 Å². The highest BCUT2D eigenvalue weighted by molar-refractivity contribution is 6.84. The summed E-state index contributed by atoms with van der Waals surface area (Å²) in [5.41, 5.74) is -1.53. The third-order valence-corrected chi connectivity index (χ3v) is 18.9. The summed E-state index contributed by atoms with van der Waals surface area (Å²) >= 11 is 0. The first-order valence-corrected chi connectivity index (χ1v) is 18.5. The van der Waals surface area contributed by atoms with Crippen LogP contribution in [-0.2, 0) is 27.2 Å². The molecule has 0 bridgehead atoms. The van der Waals surface area contributed by atoms with Crippen LogP contribution in [0.25, 0.3) is 0 Å². The predicted octanol–water partition coefficient (Wildman–Crippen LogP) is 4.69. The average Bonchev–Trinajstić information content (AvgIpc) is 3.09. The lowest BCUT2D eigenvalue weighted by Gasteiger charge is -2.52. The lowest BCUT2D eigenvalue weighted by Crippen LogP contribution is -2.67. The first-order valence-electron chi connectivity index (χ1n) is 14.5. The summed E-state index contributed by atoms with van der Waals surface area (Å²) in [6.45, 7) is 20.2. The Morgan fingerprint density at radius 3 is 2.18 bits per heavy atom. The van der Waals surface area contributed by atoms with Gasteiger partial charge < -0.3 is 27.2 Å². The molecule has 0 amide bonds. The summed E-state index contributed by atoms with van der Waals surface area (Å²) in [6, 6.07) is 1.32. The molecule has 0 aromatic carbocycles. The minimum atomic E-state index is -2.98. The van der Waals surface area contributed by atoms with Gasteiger partial charge in [-0.15, -0.1) is 0 Å². The Kier molecular flexibility index (Phi) is 9.19. The molecule has 0 spiro atoms. The smallest absolute Gasteiger partial charge is 0.335 e. The average molecular weight is 585 g/mol. The van der Waals surface area contributed by atoms with E-state index in [0.29, 0.717) is 6.61 Å². The molecule has 10 nitrogen and oxygen atoms in total. The van der Waals surface area contributed by atoms with Crippen LogP contribution in [0.15, 0.2) is 21.9 Å². The molecule has 3 aliphatic rings. The normalized spacial score (nSPS) is 32.9. The van der Waals surface area contributed by atoms with Crippen LogP contribution in [0.3, 0.4) is 0 Å². The first kappa shape index (κ1) is 30.8. The maximum absolute atomic E-state index is 13.0. The van der Waals surface area contributed by atoms with Crippen LogP contribution in [0, 0.1) is 0 Å². The van der Waals surface area contributed by atoms with Gasteiger partial charge >= 0.3 is 22.8 Å². The number of fused-ring (bicyclic) bond motifs is 1. The molecule has 1 N–H and O–H groups in total. The van der Waals surface area contributed by atoms with E-state index >= 15 is 0 Å². The van der Waals surface area contributed by atoms with Crippen molar-refractivity contribution in [2.75, 3.05) is 13.2 Å². The van der Waals surface area contributed by atoms with Gasteiger partial charge in [-0.25, -0.2) is 4.79 Å². The van der Waals surface area contributed by atoms with Gasteiger partial charge in [0.2, 0.25) is 0 Å². The van der Waals surface area contributed by atoms with Crippen molar-refractivity contribution in [2.24, 2.45) is 0 Å². The van der Waals surface area contributed by atoms with E-state index in [9.17, 15) is 9.59 Å². The fourth-order valence-electron chi connectivity index (χ4n) is 6.49. The molecule has 3 fully saturated rings. The Morgan fingerprint density at radius 2 is 1.64 bits per heavy atom. The van der Waals surface area contributed by atoms with Crippen molar-refractivity contribution in [1.29, 1.82) is 0 Å². The van der Waals surface area contributed by atoms with Crippen LogP contribution in [0.4, 0.5) is 0 Å². The zero-order valence-corrected chi connectivity index (χ0v) is 27.0. The molecular weight excluding hydrogens is 536 g/mol. The van der Waals surface area contributed by atoms with Gasteiger partial charge in [-0.2, -0.15) is 0 Å². The number of nitrogens with one attached hydrogen (secondary N) is 1. The number of nitrogens with zero attached hydrogens (tertiary/aromatic N) is 1. The molecule has 3 saturated heterocycles. The predicted molar refractivity (Wildman–Crippen MR) is 152 cm³/mol. The number of hydrogen-bond donors (Lipinski definition) is 1. The number of rotatable bonds is 7. The van der Waals surface area contributed by atoms with Crippen LogP contribution < -0.4 is 11.2 Å². The van der Waals surface area contributed by atoms with E-state index in [4.69, 9.17) is 27.2 Å². The Bertz CT molecular complexity index is 1080. The van der Waals surface area contributed by atoms with Gasteiger partial charge in [-0.05, 0) is 48.4 Å². The number of hydrogen-bond acceptors (Lipinski definition) is 8. The second-order valence-corrected chi connectivity index (χ2v) is 21.5. The summed E-state index contributed by atoms with van der Waals surface area (Å²) in [5, 5.41) is 0. The molecule has 0 saturated carbocycles. The molecule has 5 atom stereocenters. The van der Waals surface area contributed by atoms with Crippen molar-refractivity contribution < 1.29 is 27.2 Å². The highest BCUT2D eigenvalue weighted by Gasteiger charge is 2.65. The number of aromatic nitrogens is 2. The highest BCUT2D eigenvalue weighted by Crippen LogP contribution is 2.52. The fraction of sp³-hybridized carbons (Fsp3) is 0.852. The lowest BCUT2D eigenvalue weighted by atomic mass is 9.95. The fourth-order valence-corrected chi connectivity index (χ4v) is 17.8. The molecule has 0 radical (unpaired) electrons. The monoisotopic (exact) mass is 584 g/mol. The van der Waals surface area contributed by atoms with Crippen molar-refractivity contribution in [3.8, 4) is 0 Å². The van der Waals surface area contributed by atoms with E-state index in [2.05, 4.69) is 60.4 Å². The third kappa shape index (κ3) is 5.55. The molecule has 222 valence electrons. The maximum Gasteiger partial charge on any atom is 0.335 e. The Balaban J connectivity index is 1.86. The summed E-state index contributed by atoms with van der Waals surface area (Å²) < 4.78 is 42.4. The topological polar surface area (TPSA) is 110 Å². The second kappa shape index (κ2) is 11.6. The minimum absolute atomic E-state index is 0.120. The summed E-state index contributed by atoms with van der Waals surface area (Å²) in [7, 11) is -5.76. The van der Waals surface area contributed by atoms with E-state index in [-0.39, 0.29) is 28.8 Å². The van der Waals surface area contributed by atoms with Crippen LogP contribution in [-0.4, -0.2) is 64.0 Å². The van der Waals surface area contributed by atoms with Crippen molar-refractivity contribution in [3.63, 3.8) is 0 Å². The van der Waals surface area contributed by atoms with Crippen molar-refractivity contribution in [3.05, 3.63) is 33.1 Å². The molecule has 1 unspecified atom stereocenters. The van der Waals surface area contributed by atoms with E-state index < -0.39 is 58.7 Å². The standard InChI is InChI=1S/C27H48N2O8Si2/c1-17(2)38(18(3)4)33-16-21-24(36-39(37-38,19(5)6)20(7)8)27(9,35-23-12-10-11-15-32-23)25(34-21)29-14-13-22(30)28-26(29)31/h13-14,17-21,23-25H,10-12,15-16H2,1-9H3,(H,28,30,31)/t21-,23?,24-,25-,27-/m1/s1. The third-order valence-electron chi connectivity index (χ3n) is 8.65. The molecular formula is C27H48N2O8Si2. The van der Waals surface area contributed by atoms with Crippen LogP contribution >= 0.6 is 0 Å². The molecule has 1 aromatic heterocycles. The number of H-pyrrole nitrogens is 1. The van der Waals surface area contributed by atoms with Crippen LogP contribution in [0.5, 0.6) is 0 Å². The van der Waals surface area contributed by atoms with Crippen molar-refractivity contribution >= 4 is 17.1 Å². The van der Waals surface area contributed by atoms with Gasteiger partial charge in [0.15, 0.2) is 12.5 Å². The van der Waals surface area contributed by atoms with Gasteiger partial charge in [0, 0.05) is 18.9 Å². The molecule has 1 aromatic rings. The maximum atomic E-state index is 13.0. The SMILES string of the molecule is CC(C)[Si]1(C(C)C)OC[C@H]2O[C@@H](n3ccc(=O)[nH]c3=O)[C@](C)(OC3CCCCO3)[C@@H]2O[Si](C(C)C)(C(C)C)O1. The van der Waals surface area contributed by atoms with E-state index in [1.165, 1.54) is 16.8 Å². The van der Waals surface area contributed by atoms with Crippen LogP contribution in [0.2, 0.25) is 22.2 Å². The van der Waals surface area contributed by atoms with Gasteiger partial charge in [-0.1, -0.05) is 55.4 Å². The zero-order valence-electron chi connectivity index (χ0n) is 25.0. The molecule has 0 aliphatic carbocycles. The molecule has 4 heterocycles. The van der Waals surface area contributed by atoms with E-state index in [1.54, 1.807) is 0 Å². The summed E-state index contributed by atoms with van der Waals surface area (Å²) in [6.07, 6.45) is 1.73. The molecule has 39 heavy (non-hydrogen) atoms. The number of aromatic amines is 1. The second-order valence-electron chi connectivity index (χ2n) is 12.7. The lowest BCUT2D eigenvalue weighted by molar-refractivity contribution is -0.256. The van der Waals surface area contributed by atoms with Gasteiger partial charge in [0.1, 0.15) is 17.8 Å². The van der Waals surface area contributed by atoms with E-state index in [0.717, 1.165) is 19.3 Å². The molecule has 3 aliphatic heterocycles. The van der Waals surface area contributed by atoms with E-state index in [1.807, 2.05) is 6.92 Å². The largest absolute Gasteiger partial charge is 0.414 e. The summed E-state index contributed by atoms with van der Waals surface area (Å²) in [4.78, 5) is 27.3. The van der Waals surface area contributed by atoms with Crippen molar-refractivity contribution in [1.82, 2.24) is 9.55 Å². The van der Waals surface area contributed by atoms with Crippen molar-refractivity contribution in [2.45, 2.75) is 134 Å². The Labute approximate surface area is 234 Å². The molecule has 4 rings (SSSR count). The van der Waals surface area contributed by atoms with Gasteiger partial charge in [-0.3, -0.25) is 14.3 Å². The molecule has 12 heteroatoms. The highest BCUT2D eigenvalue weighted by atomic mass is 28.5. The Morgan fingerprint density at radius 1 is 1.00 bits per heavy atom. The minimum Gasteiger partial charge on any atom is -0.414 e. The quantitative estimate of drug-likeness (QED) is 0.460. The Hall–Kier alpha value is -1.13. The van der Waals surface area contributed by atoms with Gasteiger partial charge in [0.05, 0.1) is 6.61 Å². The first-order chi connectivity index (χ1) is 18.3. The zero-order chi connectivity index (χ0) is 28.8. The number of ether oxygens (including phenoxy) is 3. The summed E-state index contributed by atoms with van der Waals surface area (Å²) in [5.74, 6) is 0.